The molecule has 3 aliphatic carbocycles. The van der Waals surface area contributed by atoms with Gasteiger partial charge in [-0.05, 0) is 160 Å². The maximum absolute atomic E-state index is 2.49. The number of anilines is 3. The van der Waals surface area contributed by atoms with Crippen LogP contribution in [0.15, 0.2) is 261 Å². The van der Waals surface area contributed by atoms with Crippen molar-refractivity contribution in [3.63, 3.8) is 0 Å². The zero-order valence-electron chi connectivity index (χ0n) is 39.8. The highest BCUT2D eigenvalue weighted by atomic mass is 15.1. The fourth-order valence-electron chi connectivity index (χ4n) is 12.6. The normalized spacial score (nSPS) is 13.7. The van der Waals surface area contributed by atoms with Gasteiger partial charge in [-0.25, -0.2) is 0 Å². The highest BCUT2D eigenvalue weighted by Crippen LogP contribution is 2.65. The van der Waals surface area contributed by atoms with Gasteiger partial charge >= 0.3 is 0 Å². The molecule has 0 atom stereocenters. The van der Waals surface area contributed by atoms with Crippen molar-refractivity contribution < 1.29 is 0 Å². The van der Waals surface area contributed by atoms with Crippen LogP contribution >= 0.6 is 0 Å². The van der Waals surface area contributed by atoms with Crippen molar-refractivity contribution in [1.82, 2.24) is 0 Å². The average molecular weight is 904 g/mol. The first-order valence-corrected chi connectivity index (χ1v) is 24.9. The SMILES string of the molecule is CC1(C)c2ccccc2-c2ccc(N(c3ccc(-c4ccccc4)cc3)c3cccc(-c4cccc5c4-c4ccccc4C54c5cc(-c6ccccc6)ccc5-c5ccc(-c6ccccc6)cc54)c3)cc21. The largest absolute Gasteiger partial charge is 0.310 e. The Morgan fingerprint density at radius 1 is 0.239 bits per heavy atom. The van der Waals surface area contributed by atoms with E-state index in [0.29, 0.717) is 0 Å². The lowest BCUT2D eigenvalue weighted by atomic mass is 9.69. The van der Waals surface area contributed by atoms with Crippen molar-refractivity contribution in [3.8, 4) is 77.9 Å². The van der Waals surface area contributed by atoms with E-state index in [1.54, 1.807) is 0 Å². The first-order valence-electron chi connectivity index (χ1n) is 24.9. The summed E-state index contributed by atoms with van der Waals surface area (Å²) in [5.74, 6) is 0. The zero-order valence-corrected chi connectivity index (χ0v) is 39.8. The monoisotopic (exact) mass is 903 g/mol. The zero-order chi connectivity index (χ0) is 47.3. The summed E-state index contributed by atoms with van der Waals surface area (Å²) >= 11 is 0. The quantitative estimate of drug-likeness (QED) is 0.154. The summed E-state index contributed by atoms with van der Waals surface area (Å²) in [6.07, 6.45) is 0. The molecule has 0 bridgehead atoms. The lowest BCUT2D eigenvalue weighted by Crippen LogP contribution is -2.26. The van der Waals surface area contributed by atoms with Crippen molar-refractivity contribution in [1.29, 1.82) is 0 Å². The smallest absolute Gasteiger partial charge is 0.0726 e. The van der Waals surface area contributed by atoms with Crippen molar-refractivity contribution in [3.05, 3.63) is 294 Å². The molecule has 0 N–H and O–H groups in total. The Morgan fingerprint density at radius 3 is 1.31 bits per heavy atom. The van der Waals surface area contributed by atoms with Crippen molar-refractivity contribution in [2.24, 2.45) is 0 Å². The summed E-state index contributed by atoms with van der Waals surface area (Å²) in [4.78, 5) is 2.45. The Labute approximate surface area is 416 Å². The molecule has 11 aromatic rings. The molecule has 0 aromatic heterocycles. The number of nitrogens with zero attached hydrogens (tertiary/aromatic N) is 1. The molecule has 0 amide bonds. The molecule has 0 heterocycles. The van der Waals surface area contributed by atoms with Gasteiger partial charge in [0, 0.05) is 22.5 Å². The highest BCUT2D eigenvalue weighted by molar-refractivity contribution is 6.01. The van der Waals surface area contributed by atoms with E-state index in [1.165, 1.54) is 111 Å². The fraction of sp³-hybridized carbons (Fsp3) is 0.0571. The van der Waals surface area contributed by atoms with Crippen LogP contribution in [0.5, 0.6) is 0 Å². The van der Waals surface area contributed by atoms with Crippen LogP contribution in [0.3, 0.4) is 0 Å². The molecule has 0 aliphatic heterocycles. The van der Waals surface area contributed by atoms with E-state index in [9.17, 15) is 0 Å². The van der Waals surface area contributed by atoms with Gasteiger partial charge in [0.1, 0.15) is 0 Å². The summed E-state index contributed by atoms with van der Waals surface area (Å²) in [5, 5.41) is 0. The third kappa shape index (κ3) is 6.19. The van der Waals surface area contributed by atoms with Crippen LogP contribution in [0.4, 0.5) is 17.1 Å². The minimum absolute atomic E-state index is 0.137. The van der Waals surface area contributed by atoms with Gasteiger partial charge in [0.2, 0.25) is 0 Å². The van der Waals surface area contributed by atoms with Crippen LogP contribution in [-0.2, 0) is 10.8 Å². The summed E-state index contributed by atoms with van der Waals surface area (Å²) in [7, 11) is 0. The first kappa shape index (κ1) is 41.2. The number of hydrogen-bond acceptors (Lipinski definition) is 1. The molecule has 334 valence electrons. The second-order valence-corrected chi connectivity index (χ2v) is 20.0. The Morgan fingerprint density at radius 2 is 0.662 bits per heavy atom. The Balaban J connectivity index is 0.970. The molecule has 0 fully saturated rings. The molecule has 71 heavy (non-hydrogen) atoms. The third-order valence-electron chi connectivity index (χ3n) is 15.9. The van der Waals surface area contributed by atoms with Gasteiger partial charge in [-0.3, -0.25) is 0 Å². The second kappa shape index (κ2) is 15.9. The van der Waals surface area contributed by atoms with E-state index in [2.05, 4.69) is 280 Å². The van der Waals surface area contributed by atoms with Crippen molar-refractivity contribution >= 4 is 17.1 Å². The first-order chi connectivity index (χ1) is 35.0. The molecular formula is C70H49N. The van der Waals surface area contributed by atoms with E-state index < -0.39 is 5.41 Å². The molecule has 3 aliphatic rings. The predicted octanol–water partition coefficient (Wildman–Crippen LogP) is 18.5. The van der Waals surface area contributed by atoms with E-state index in [-0.39, 0.29) is 5.41 Å². The predicted molar refractivity (Wildman–Crippen MR) is 297 cm³/mol. The van der Waals surface area contributed by atoms with E-state index >= 15 is 0 Å². The maximum Gasteiger partial charge on any atom is 0.0726 e. The van der Waals surface area contributed by atoms with Gasteiger partial charge in [0.05, 0.1) is 5.41 Å². The van der Waals surface area contributed by atoms with Gasteiger partial charge in [-0.1, -0.05) is 226 Å². The standard InChI is InChI=1S/C70H49N/c1-69(2)62-29-14-12-26-57(62)58-41-38-55(45-65(58)69)71(53-36-32-49(33-37-53)46-18-6-3-7-19-46)54-25-16-24-52(42-54)56-28-17-31-64-68(56)61-27-13-15-30-63(61)70(64)66-43-50(47-20-8-4-9-21-47)34-39-59(66)60-40-35-51(44-67(60)70)48-22-10-5-11-23-48/h3-45H,1-2H3. The minimum Gasteiger partial charge on any atom is -0.310 e. The molecule has 1 spiro atoms. The molecule has 11 aromatic carbocycles. The minimum atomic E-state index is -0.541. The van der Waals surface area contributed by atoms with Crippen molar-refractivity contribution in [2.45, 2.75) is 24.7 Å². The average Bonchev–Trinajstić information content (AvgIpc) is 4.01. The van der Waals surface area contributed by atoms with Gasteiger partial charge in [0.15, 0.2) is 0 Å². The van der Waals surface area contributed by atoms with Crippen LogP contribution in [0.25, 0.3) is 77.9 Å². The molecule has 1 heteroatoms. The van der Waals surface area contributed by atoms with Crippen LogP contribution < -0.4 is 4.90 Å². The van der Waals surface area contributed by atoms with E-state index in [1.807, 2.05) is 0 Å². The second-order valence-electron chi connectivity index (χ2n) is 20.0. The molecule has 0 unspecified atom stereocenters. The number of fused-ring (bicyclic) bond motifs is 13. The Bertz CT molecular complexity index is 3790. The topological polar surface area (TPSA) is 3.24 Å². The van der Waals surface area contributed by atoms with Crippen molar-refractivity contribution in [2.75, 3.05) is 4.90 Å². The molecule has 14 rings (SSSR count). The Kier molecular flexibility index (Phi) is 9.22. The van der Waals surface area contributed by atoms with Gasteiger partial charge in [0.25, 0.3) is 0 Å². The number of rotatable bonds is 7. The summed E-state index contributed by atoms with van der Waals surface area (Å²) in [6.45, 7) is 4.74. The van der Waals surface area contributed by atoms with Gasteiger partial charge < -0.3 is 4.90 Å². The maximum atomic E-state index is 2.49. The van der Waals surface area contributed by atoms with Crippen LogP contribution in [0.1, 0.15) is 47.2 Å². The molecule has 1 nitrogen and oxygen atoms in total. The van der Waals surface area contributed by atoms with Crippen LogP contribution in [-0.4, -0.2) is 0 Å². The third-order valence-corrected chi connectivity index (χ3v) is 15.9. The molecule has 0 radical (unpaired) electrons. The summed E-state index contributed by atoms with van der Waals surface area (Å²) < 4.78 is 0. The number of hydrogen-bond donors (Lipinski definition) is 0. The van der Waals surface area contributed by atoms with E-state index in [4.69, 9.17) is 0 Å². The summed E-state index contributed by atoms with van der Waals surface area (Å²) in [6, 6.07) is 97.4. The lowest BCUT2D eigenvalue weighted by Gasteiger charge is -2.31. The van der Waals surface area contributed by atoms with Gasteiger partial charge in [-0.2, -0.15) is 0 Å². The lowest BCUT2D eigenvalue weighted by molar-refractivity contribution is 0.660. The molecule has 0 saturated heterocycles. The number of benzene rings is 11. The highest BCUT2D eigenvalue weighted by Gasteiger charge is 2.52. The molecular weight excluding hydrogens is 855 g/mol. The van der Waals surface area contributed by atoms with Gasteiger partial charge in [-0.15, -0.1) is 0 Å². The molecule has 0 saturated carbocycles. The Hall–Kier alpha value is -8.78. The fourth-order valence-corrected chi connectivity index (χ4v) is 12.6. The van der Waals surface area contributed by atoms with Crippen LogP contribution in [0.2, 0.25) is 0 Å². The van der Waals surface area contributed by atoms with E-state index in [0.717, 1.165) is 17.1 Å². The van der Waals surface area contributed by atoms with Crippen LogP contribution in [0, 0.1) is 0 Å². The summed E-state index contributed by atoms with van der Waals surface area (Å²) in [5.41, 5.74) is 28.3.